The first-order valence-corrected chi connectivity index (χ1v) is 6.88. The lowest BCUT2D eigenvalue weighted by molar-refractivity contribution is 0.0664. The molecule has 0 aromatic heterocycles. The van der Waals surface area contributed by atoms with Crippen LogP contribution in [0.15, 0.2) is 18.2 Å². The van der Waals surface area contributed by atoms with Crippen LogP contribution < -0.4 is 4.90 Å². The zero-order valence-electron chi connectivity index (χ0n) is 10.7. The van der Waals surface area contributed by atoms with Gasteiger partial charge >= 0.3 is 0 Å². The molecule has 1 aliphatic heterocycles. The van der Waals surface area contributed by atoms with Gasteiger partial charge in [0.2, 0.25) is 0 Å². The number of benzene rings is 1. The van der Waals surface area contributed by atoms with E-state index < -0.39 is 0 Å². The molecule has 1 atom stereocenters. The van der Waals surface area contributed by atoms with Crippen molar-refractivity contribution in [2.45, 2.75) is 32.5 Å². The average molecular weight is 270 g/mol. The van der Waals surface area contributed by atoms with Gasteiger partial charge in [-0.2, -0.15) is 0 Å². The van der Waals surface area contributed by atoms with Gasteiger partial charge in [0.25, 0.3) is 0 Å². The van der Waals surface area contributed by atoms with Gasteiger partial charge in [0.15, 0.2) is 0 Å². The summed E-state index contributed by atoms with van der Waals surface area (Å²) >= 11 is 6.14. The molecule has 0 amide bonds. The number of nitrogens with zero attached hydrogens (tertiary/aromatic N) is 1. The van der Waals surface area contributed by atoms with E-state index in [1.54, 1.807) is 0 Å². The van der Waals surface area contributed by atoms with E-state index in [0.717, 1.165) is 43.8 Å². The smallest absolute Gasteiger partial charge is 0.0747 e. The summed E-state index contributed by atoms with van der Waals surface area (Å²) in [7, 11) is 0. The van der Waals surface area contributed by atoms with Gasteiger partial charge in [-0.3, -0.25) is 0 Å². The van der Waals surface area contributed by atoms with E-state index in [0.29, 0.717) is 5.02 Å². The number of aliphatic hydroxyl groups is 1. The number of ether oxygens (including phenoxy) is 1. The minimum atomic E-state index is -0.0246. The molecule has 0 radical (unpaired) electrons. The van der Waals surface area contributed by atoms with Crippen LogP contribution in [-0.4, -0.2) is 30.9 Å². The molecule has 1 unspecified atom stereocenters. The Kier molecular flexibility index (Phi) is 4.87. The normalized spacial score (nSPS) is 20.8. The maximum Gasteiger partial charge on any atom is 0.0747 e. The first-order chi connectivity index (χ1) is 8.76. The minimum Gasteiger partial charge on any atom is -0.392 e. The molecule has 0 spiro atoms. The van der Waals surface area contributed by atoms with E-state index in [2.05, 4.69) is 11.8 Å². The molecule has 2 rings (SSSR count). The zero-order chi connectivity index (χ0) is 13.0. The van der Waals surface area contributed by atoms with E-state index in [1.165, 1.54) is 0 Å². The van der Waals surface area contributed by atoms with Gasteiger partial charge in [-0.05, 0) is 25.0 Å². The van der Waals surface area contributed by atoms with Crippen LogP contribution >= 0.6 is 11.6 Å². The van der Waals surface area contributed by atoms with Crippen LogP contribution in [0.2, 0.25) is 5.02 Å². The summed E-state index contributed by atoms with van der Waals surface area (Å²) in [5, 5.41) is 10.1. The Bertz CT molecular complexity index is 397. The van der Waals surface area contributed by atoms with Crippen LogP contribution in [0.4, 0.5) is 5.69 Å². The van der Waals surface area contributed by atoms with Crippen molar-refractivity contribution in [2.75, 3.05) is 24.6 Å². The topological polar surface area (TPSA) is 32.7 Å². The molecule has 100 valence electrons. The monoisotopic (exact) mass is 269 g/mol. The number of hydrogen-bond donors (Lipinski definition) is 1. The highest BCUT2D eigenvalue weighted by Gasteiger charge is 2.20. The Morgan fingerprint density at radius 2 is 2.33 bits per heavy atom. The Morgan fingerprint density at radius 1 is 1.50 bits per heavy atom. The van der Waals surface area contributed by atoms with Crippen molar-refractivity contribution in [2.24, 2.45) is 0 Å². The van der Waals surface area contributed by atoms with Crippen molar-refractivity contribution in [3.63, 3.8) is 0 Å². The fraction of sp³-hybridized carbons (Fsp3) is 0.571. The van der Waals surface area contributed by atoms with Crippen molar-refractivity contribution in [3.05, 3.63) is 28.8 Å². The Labute approximate surface area is 113 Å². The van der Waals surface area contributed by atoms with E-state index in [-0.39, 0.29) is 12.7 Å². The first kappa shape index (κ1) is 13.7. The molecule has 1 fully saturated rings. The largest absolute Gasteiger partial charge is 0.392 e. The molecule has 1 N–H and O–H groups in total. The zero-order valence-corrected chi connectivity index (χ0v) is 11.5. The number of anilines is 1. The molecule has 3 nitrogen and oxygen atoms in total. The fourth-order valence-corrected chi connectivity index (χ4v) is 2.59. The highest BCUT2D eigenvalue weighted by molar-refractivity contribution is 6.31. The maximum absolute atomic E-state index is 9.48. The van der Waals surface area contributed by atoms with Crippen LogP contribution in [0, 0.1) is 0 Å². The average Bonchev–Trinajstić information content (AvgIpc) is 2.63. The summed E-state index contributed by atoms with van der Waals surface area (Å²) in [6.07, 6.45) is 2.28. The first-order valence-electron chi connectivity index (χ1n) is 6.51. The van der Waals surface area contributed by atoms with Crippen LogP contribution in [0.25, 0.3) is 0 Å². The number of halogens is 1. The van der Waals surface area contributed by atoms with Crippen LogP contribution in [0.5, 0.6) is 0 Å². The van der Waals surface area contributed by atoms with Gasteiger partial charge in [-0.15, -0.1) is 0 Å². The molecule has 0 saturated carbocycles. The third-order valence-corrected chi connectivity index (χ3v) is 3.75. The Balaban J connectivity index is 2.26. The van der Waals surface area contributed by atoms with E-state index >= 15 is 0 Å². The maximum atomic E-state index is 9.48. The molecule has 1 aliphatic rings. The van der Waals surface area contributed by atoms with Crippen molar-refractivity contribution < 1.29 is 9.84 Å². The summed E-state index contributed by atoms with van der Waals surface area (Å²) in [6, 6.07) is 5.78. The number of aliphatic hydroxyl groups excluding tert-OH is 1. The second-order valence-electron chi connectivity index (χ2n) is 4.60. The Hall–Kier alpha value is -0.770. The van der Waals surface area contributed by atoms with Gasteiger partial charge in [0.1, 0.15) is 0 Å². The quantitative estimate of drug-likeness (QED) is 0.916. The molecule has 1 heterocycles. The second kappa shape index (κ2) is 6.41. The van der Waals surface area contributed by atoms with Crippen molar-refractivity contribution in [1.82, 2.24) is 0 Å². The van der Waals surface area contributed by atoms with Gasteiger partial charge in [0.05, 0.1) is 12.7 Å². The third-order valence-electron chi connectivity index (χ3n) is 3.40. The summed E-state index contributed by atoms with van der Waals surface area (Å²) < 4.78 is 5.77. The third kappa shape index (κ3) is 2.97. The molecular weight excluding hydrogens is 250 g/mol. The van der Waals surface area contributed by atoms with Gasteiger partial charge in [-0.25, -0.2) is 0 Å². The van der Waals surface area contributed by atoms with Crippen LogP contribution in [0.3, 0.4) is 0 Å². The van der Waals surface area contributed by atoms with Crippen molar-refractivity contribution >= 4 is 17.3 Å². The lowest BCUT2D eigenvalue weighted by atomic mass is 10.1. The van der Waals surface area contributed by atoms with Crippen LogP contribution in [-0.2, 0) is 11.3 Å². The lowest BCUT2D eigenvalue weighted by Gasteiger charge is -2.27. The molecular formula is C14H20ClNO2. The molecule has 1 aromatic rings. The Morgan fingerprint density at radius 3 is 3.06 bits per heavy atom. The van der Waals surface area contributed by atoms with Crippen molar-refractivity contribution in [1.29, 1.82) is 0 Å². The SMILES string of the molecule is CCC1CN(c2cccc(Cl)c2CO)CCCO1. The second-order valence-corrected chi connectivity index (χ2v) is 5.00. The number of hydrogen-bond acceptors (Lipinski definition) is 3. The predicted molar refractivity (Wildman–Crippen MR) is 74.2 cm³/mol. The molecule has 0 aliphatic carbocycles. The highest BCUT2D eigenvalue weighted by atomic mass is 35.5. The summed E-state index contributed by atoms with van der Waals surface area (Å²) in [6.45, 7) is 4.74. The van der Waals surface area contributed by atoms with E-state index in [9.17, 15) is 5.11 Å². The van der Waals surface area contributed by atoms with Gasteiger partial charge < -0.3 is 14.7 Å². The lowest BCUT2D eigenvalue weighted by Crippen LogP contribution is -2.32. The van der Waals surface area contributed by atoms with Gasteiger partial charge in [0, 0.05) is 36.0 Å². The molecule has 1 saturated heterocycles. The molecule has 18 heavy (non-hydrogen) atoms. The molecule has 0 bridgehead atoms. The minimum absolute atomic E-state index is 0.0246. The predicted octanol–water partition coefficient (Wildman–Crippen LogP) is 2.84. The summed E-state index contributed by atoms with van der Waals surface area (Å²) in [4.78, 5) is 2.28. The standard InChI is InChI=1S/C14H20ClNO2/c1-2-11-9-16(7-4-8-18-11)14-6-3-5-13(15)12(14)10-17/h3,5-6,11,17H,2,4,7-10H2,1H3. The summed E-state index contributed by atoms with van der Waals surface area (Å²) in [5.41, 5.74) is 1.85. The van der Waals surface area contributed by atoms with E-state index in [1.807, 2.05) is 18.2 Å². The van der Waals surface area contributed by atoms with Crippen molar-refractivity contribution in [3.8, 4) is 0 Å². The van der Waals surface area contributed by atoms with E-state index in [4.69, 9.17) is 16.3 Å². The summed E-state index contributed by atoms with van der Waals surface area (Å²) in [5.74, 6) is 0. The molecule has 4 heteroatoms. The van der Waals surface area contributed by atoms with Gasteiger partial charge in [-0.1, -0.05) is 24.6 Å². The number of rotatable bonds is 3. The van der Waals surface area contributed by atoms with Crippen LogP contribution in [0.1, 0.15) is 25.3 Å². The fourth-order valence-electron chi connectivity index (χ4n) is 2.36. The highest BCUT2D eigenvalue weighted by Crippen LogP contribution is 2.29. The molecule has 1 aromatic carbocycles.